The molecule has 0 aromatic heterocycles. The normalized spacial score (nSPS) is 15.9. The summed E-state index contributed by atoms with van der Waals surface area (Å²) in [5.74, 6) is -1.28. The number of aryl methyl sites for hydroxylation is 1. The summed E-state index contributed by atoms with van der Waals surface area (Å²) in [5.41, 5.74) is 2.77. The lowest BCUT2D eigenvalue weighted by Crippen LogP contribution is -2.44. The summed E-state index contributed by atoms with van der Waals surface area (Å²) in [6, 6.07) is 9.37. The molecule has 0 saturated carbocycles. The highest BCUT2D eigenvalue weighted by molar-refractivity contribution is 8.26. The SMILES string of the molecule is Cc1ccc(C(=O)NN2C(=O)/C(=C\c3cccc(C(F)(F)F)c3)SC2=S)c(Cl)c1. The predicted molar refractivity (Wildman–Crippen MR) is 110 cm³/mol. The average Bonchev–Trinajstić information content (AvgIpc) is 2.88. The lowest BCUT2D eigenvalue weighted by Gasteiger charge is -2.16. The van der Waals surface area contributed by atoms with Gasteiger partial charge in [0.1, 0.15) is 0 Å². The van der Waals surface area contributed by atoms with Crippen LogP contribution in [0.15, 0.2) is 47.4 Å². The van der Waals surface area contributed by atoms with Crippen LogP contribution in [0, 0.1) is 6.92 Å². The topological polar surface area (TPSA) is 49.4 Å². The van der Waals surface area contributed by atoms with Crippen molar-refractivity contribution in [1.82, 2.24) is 10.4 Å². The number of carbonyl (C=O) groups excluding carboxylic acids is 2. The van der Waals surface area contributed by atoms with Crippen molar-refractivity contribution in [3.05, 3.63) is 74.6 Å². The first-order valence-electron chi connectivity index (χ1n) is 8.08. The summed E-state index contributed by atoms with van der Waals surface area (Å²) in [5, 5.41) is 1.09. The summed E-state index contributed by atoms with van der Waals surface area (Å²) in [7, 11) is 0. The molecule has 1 saturated heterocycles. The van der Waals surface area contributed by atoms with Gasteiger partial charge in [0, 0.05) is 0 Å². The molecule has 0 unspecified atom stereocenters. The fourth-order valence-electron chi connectivity index (χ4n) is 2.49. The van der Waals surface area contributed by atoms with Crippen LogP contribution in [0.3, 0.4) is 0 Å². The molecule has 1 aliphatic heterocycles. The van der Waals surface area contributed by atoms with Crippen molar-refractivity contribution in [2.45, 2.75) is 13.1 Å². The lowest BCUT2D eigenvalue weighted by molar-refractivity contribution is -0.137. The Hall–Kier alpha value is -2.36. The molecule has 1 aliphatic rings. The Labute approximate surface area is 178 Å². The van der Waals surface area contributed by atoms with E-state index < -0.39 is 23.6 Å². The van der Waals surface area contributed by atoms with Crippen molar-refractivity contribution in [1.29, 1.82) is 0 Å². The summed E-state index contributed by atoms with van der Waals surface area (Å²) in [6.45, 7) is 1.81. The fourth-order valence-corrected chi connectivity index (χ4v) is 3.99. The van der Waals surface area contributed by atoms with Crippen molar-refractivity contribution in [3.8, 4) is 0 Å². The number of thioether (sulfide) groups is 1. The second kappa shape index (κ2) is 8.17. The Balaban J connectivity index is 1.81. The summed E-state index contributed by atoms with van der Waals surface area (Å²) >= 11 is 12.1. The molecule has 150 valence electrons. The van der Waals surface area contributed by atoms with Crippen LogP contribution in [0.5, 0.6) is 0 Å². The molecule has 0 spiro atoms. The van der Waals surface area contributed by atoms with E-state index in [0.29, 0.717) is 0 Å². The highest BCUT2D eigenvalue weighted by Gasteiger charge is 2.34. The number of nitrogens with zero attached hydrogens (tertiary/aromatic N) is 1. The number of halogens is 4. The van der Waals surface area contributed by atoms with Crippen molar-refractivity contribution >= 4 is 57.8 Å². The van der Waals surface area contributed by atoms with E-state index in [0.717, 1.165) is 34.5 Å². The maximum absolute atomic E-state index is 12.9. The number of rotatable bonds is 3. The zero-order valence-corrected chi connectivity index (χ0v) is 17.1. The second-order valence-corrected chi connectivity index (χ2v) is 8.15. The Morgan fingerprint density at radius 3 is 2.62 bits per heavy atom. The molecular weight excluding hydrogens is 445 g/mol. The predicted octanol–water partition coefficient (Wildman–Crippen LogP) is 5.21. The first kappa shape index (κ1) is 21.4. The third kappa shape index (κ3) is 4.80. The highest BCUT2D eigenvalue weighted by atomic mass is 35.5. The molecule has 10 heteroatoms. The summed E-state index contributed by atoms with van der Waals surface area (Å²) in [6.07, 6.45) is -3.20. The van der Waals surface area contributed by atoms with Gasteiger partial charge in [-0.3, -0.25) is 15.0 Å². The van der Waals surface area contributed by atoms with Crippen LogP contribution in [-0.2, 0) is 11.0 Å². The number of alkyl halides is 3. The molecule has 0 radical (unpaired) electrons. The van der Waals surface area contributed by atoms with Crippen molar-refractivity contribution in [2.24, 2.45) is 0 Å². The number of amides is 2. The van der Waals surface area contributed by atoms with Gasteiger partial charge < -0.3 is 0 Å². The maximum atomic E-state index is 12.9. The molecule has 29 heavy (non-hydrogen) atoms. The van der Waals surface area contributed by atoms with Gasteiger partial charge >= 0.3 is 6.18 Å². The van der Waals surface area contributed by atoms with Gasteiger partial charge in [-0.15, -0.1) is 0 Å². The molecule has 1 N–H and O–H groups in total. The number of hydrogen-bond acceptors (Lipinski definition) is 4. The number of hydrogen-bond donors (Lipinski definition) is 1. The van der Waals surface area contributed by atoms with Crippen LogP contribution in [0.1, 0.15) is 27.0 Å². The molecular formula is C19H12ClF3N2O2S2. The minimum atomic E-state index is -4.50. The fraction of sp³-hybridized carbons (Fsp3) is 0.105. The molecule has 1 heterocycles. The van der Waals surface area contributed by atoms with Gasteiger partial charge in [0.2, 0.25) is 0 Å². The van der Waals surface area contributed by atoms with E-state index in [-0.39, 0.29) is 25.4 Å². The largest absolute Gasteiger partial charge is 0.416 e. The standard InChI is InChI=1S/C19H12ClF3N2O2S2/c1-10-5-6-13(14(20)7-10)16(26)24-25-17(27)15(29-18(25)28)9-11-3-2-4-12(8-11)19(21,22)23/h2-9H,1H3,(H,24,26)/b15-9+. The number of benzene rings is 2. The molecule has 4 nitrogen and oxygen atoms in total. The number of hydrazine groups is 1. The smallest absolute Gasteiger partial charge is 0.267 e. The van der Waals surface area contributed by atoms with Crippen LogP contribution in [0.25, 0.3) is 6.08 Å². The van der Waals surface area contributed by atoms with Gasteiger partial charge in [0.15, 0.2) is 4.32 Å². The zero-order valence-electron chi connectivity index (χ0n) is 14.7. The Bertz CT molecular complexity index is 1050. The molecule has 1 fully saturated rings. The van der Waals surface area contributed by atoms with E-state index in [1.165, 1.54) is 24.3 Å². The van der Waals surface area contributed by atoms with Gasteiger partial charge in [-0.1, -0.05) is 41.6 Å². The first-order valence-corrected chi connectivity index (χ1v) is 9.69. The van der Waals surface area contributed by atoms with Crippen molar-refractivity contribution < 1.29 is 22.8 Å². The van der Waals surface area contributed by atoms with Crippen LogP contribution in [0.2, 0.25) is 5.02 Å². The van der Waals surface area contributed by atoms with Gasteiger partial charge in [-0.2, -0.15) is 18.2 Å². The van der Waals surface area contributed by atoms with Gasteiger partial charge in [0.25, 0.3) is 11.8 Å². The number of nitrogens with one attached hydrogen (secondary N) is 1. The summed E-state index contributed by atoms with van der Waals surface area (Å²) < 4.78 is 38.6. The number of carbonyl (C=O) groups is 2. The molecule has 2 aromatic carbocycles. The molecule has 2 aromatic rings. The van der Waals surface area contributed by atoms with E-state index >= 15 is 0 Å². The summed E-state index contributed by atoms with van der Waals surface area (Å²) in [4.78, 5) is 25.1. The van der Waals surface area contributed by atoms with Gasteiger partial charge in [-0.25, -0.2) is 0 Å². The monoisotopic (exact) mass is 456 g/mol. The minimum absolute atomic E-state index is 0.0461. The number of thiocarbonyl (C=S) groups is 1. The zero-order chi connectivity index (χ0) is 21.3. The Kier molecular flexibility index (Phi) is 6.02. The van der Waals surface area contributed by atoms with E-state index in [2.05, 4.69) is 5.43 Å². The van der Waals surface area contributed by atoms with Gasteiger partial charge in [-0.05, 0) is 60.6 Å². The van der Waals surface area contributed by atoms with Crippen LogP contribution >= 0.6 is 35.6 Å². The van der Waals surface area contributed by atoms with Crippen molar-refractivity contribution in [3.63, 3.8) is 0 Å². The van der Waals surface area contributed by atoms with Crippen LogP contribution < -0.4 is 5.43 Å². The average molecular weight is 457 g/mol. The quantitative estimate of drug-likeness (QED) is 0.508. The van der Waals surface area contributed by atoms with Crippen molar-refractivity contribution in [2.75, 3.05) is 0 Å². The van der Waals surface area contributed by atoms with E-state index in [1.807, 2.05) is 6.92 Å². The molecule has 0 bridgehead atoms. The van der Waals surface area contributed by atoms with Crippen LogP contribution in [0.4, 0.5) is 13.2 Å². The van der Waals surface area contributed by atoms with E-state index in [4.69, 9.17) is 23.8 Å². The first-order chi connectivity index (χ1) is 13.6. The highest BCUT2D eigenvalue weighted by Crippen LogP contribution is 2.34. The maximum Gasteiger partial charge on any atom is 0.416 e. The molecule has 0 aliphatic carbocycles. The lowest BCUT2D eigenvalue weighted by atomic mass is 10.1. The van der Waals surface area contributed by atoms with Crippen LogP contribution in [-0.4, -0.2) is 21.1 Å². The third-order valence-corrected chi connectivity index (χ3v) is 5.50. The molecule has 0 atom stereocenters. The van der Waals surface area contributed by atoms with E-state index in [1.54, 1.807) is 12.1 Å². The van der Waals surface area contributed by atoms with E-state index in [9.17, 15) is 22.8 Å². The molecule has 3 rings (SSSR count). The van der Waals surface area contributed by atoms with Gasteiger partial charge in [0.05, 0.1) is 21.1 Å². The third-order valence-electron chi connectivity index (χ3n) is 3.89. The minimum Gasteiger partial charge on any atom is -0.267 e. The second-order valence-electron chi connectivity index (χ2n) is 6.06. The molecule has 2 amide bonds. The Morgan fingerprint density at radius 1 is 1.24 bits per heavy atom. The Morgan fingerprint density at radius 2 is 1.97 bits per heavy atom.